The standard InChI is InChI=1S/C16H9FN4O2/c17-12-5-4-9(6-10(12)8-18)7-14-15-11(16(22)20-19-14)2-1-3-13(15)21-23/h1-6H,7H2,(H,20,22). The van der Waals surface area contributed by atoms with Crippen molar-refractivity contribution in [1.82, 2.24) is 10.2 Å². The number of hydrogen-bond donors (Lipinski definition) is 1. The first-order valence-electron chi connectivity index (χ1n) is 6.66. The Bertz CT molecular complexity index is 1020. The minimum atomic E-state index is -0.606. The van der Waals surface area contributed by atoms with Crippen molar-refractivity contribution in [3.05, 3.63) is 74.3 Å². The Kier molecular flexibility index (Phi) is 3.65. The van der Waals surface area contributed by atoms with Gasteiger partial charge in [-0.15, -0.1) is 4.91 Å². The fraction of sp³-hybridized carbons (Fsp3) is 0.0625. The van der Waals surface area contributed by atoms with Gasteiger partial charge >= 0.3 is 0 Å². The first-order valence-corrected chi connectivity index (χ1v) is 6.66. The molecule has 3 aromatic rings. The predicted octanol–water partition coefficient (Wildman–Crippen LogP) is 2.92. The highest BCUT2D eigenvalue weighted by molar-refractivity contribution is 5.93. The van der Waals surface area contributed by atoms with Gasteiger partial charge in [-0.2, -0.15) is 10.4 Å². The quantitative estimate of drug-likeness (QED) is 0.752. The van der Waals surface area contributed by atoms with Crippen LogP contribution < -0.4 is 5.56 Å². The number of halogens is 1. The maximum atomic E-state index is 13.4. The number of benzene rings is 2. The molecule has 0 spiro atoms. The first kappa shape index (κ1) is 14.5. The summed E-state index contributed by atoms with van der Waals surface area (Å²) in [7, 11) is 0. The summed E-state index contributed by atoms with van der Waals surface area (Å²) in [5.41, 5.74) is 0.657. The summed E-state index contributed by atoms with van der Waals surface area (Å²) in [6.45, 7) is 0. The molecule has 0 saturated heterocycles. The minimum Gasteiger partial charge on any atom is -0.267 e. The van der Waals surface area contributed by atoms with Crippen LogP contribution in [0.15, 0.2) is 46.4 Å². The number of aromatic amines is 1. The van der Waals surface area contributed by atoms with Crippen molar-refractivity contribution in [1.29, 1.82) is 5.26 Å². The van der Waals surface area contributed by atoms with Crippen LogP contribution in [0.2, 0.25) is 0 Å². The zero-order valence-electron chi connectivity index (χ0n) is 11.7. The van der Waals surface area contributed by atoms with Crippen molar-refractivity contribution in [2.75, 3.05) is 0 Å². The van der Waals surface area contributed by atoms with Crippen LogP contribution in [0.1, 0.15) is 16.8 Å². The van der Waals surface area contributed by atoms with E-state index < -0.39 is 11.4 Å². The molecule has 3 rings (SSSR count). The van der Waals surface area contributed by atoms with E-state index in [0.29, 0.717) is 22.0 Å². The van der Waals surface area contributed by atoms with Gasteiger partial charge in [0.15, 0.2) is 0 Å². The van der Waals surface area contributed by atoms with Gasteiger partial charge in [0.25, 0.3) is 5.56 Å². The van der Waals surface area contributed by atoms with Crippen molar-refractivity contribution in [2.45, 2.75) is 6.42 Å². The minimum absolute atomic E-state index is 0.0787. The number of nitrogens with zero attached hydrogens (tertiary/aromatic N) is 3. The van der Waals surface area contributed by atoms with E-state index in [-0.39, 0.29) is 17.7 Å². The zero-order chi connectivity index (χ0) is 16.4. The summed E-state index contributed by atoms with van der Waals surface area (Å²) < 4.78 is 13.4. The van der Waals surface area contributed by atoms with Crippen LogP contribution in [0.4, 0.5) is 10.1 Å². The molecule has 0 aliphatic rings. The lowest BCUT2D eigenvalue weighted by Gasteiger charge is -2.07. The normalized spacial score (nSPS) is 10.4. The molecule has 112 valence electrons. The highest BCUT2D eigenvalue weighted by Gasteiger charge is 2.13. The fourth-order valence-electron chi connectivity index (χ4n) is 2.43. The lowest BCUT2D eigenvalue weighted by atomic mass is 10.0. The molecule has 23 heavy (non-hydrogen) atoms. The van der Waals surface area contributed by atoms with Gasteiger partial charge in [-0.05, 0) is 35.0 Å². The number of nitrogens with one attached hydrogen (secondary N) is 1. The lowest BCUT2D eigenvalue weighted by Crippen LogP contribution is -2.11. The second-order valence-electron chi connectivity index (χ2n) is 4.89. The van der Waals surface area contributed by atoms with Crippen LogP contribution in [-0.2, 0) is 6.42 Å². The number of nitroso groups, excluding NO2 is 1. The summed E-state index contributed by atoms with van der Waals surface area (Å²) in [5.74, 6) is -0.606. The second-order valence-corrected chi connectivity index (χ2v) is 4.89. The maximum absolute atomic E-state index is 13.4. The summed E-state index contributed by atoms with van der Waals surface area (Å²) in [4.78, 5) is 22.8. The Labute approximate surface area is 129 Å². The van der Waals surface area contributed by atoms with Gasteiger partial charge in [0.2, 0.25) is 0 Å². The van der Waals surface area contributed by atoms with E-state index in [0.717, 1.165) is 0 Å². The lowest BCUT2D eigenvalue weighted by molar-refractivity contribution is 0.623. The Balaban J connectivity index is 2.18. The van der Waals surface area contributed by atoms with Gasteiger partial charge in [-0.3, -0.25) is 4.79 Å². The van der Waals surface area contributed by atoms with Gasteiger partial charge < -0.3 is 0 Å². The van der Waals surface area contributed by atoms with Crippen LogP contribution in [0.3, 0.4) is 0 Å². The number of fused-ring (bicyclic) bond motifs is 1. The molecule has 0 unspecified atom stereocenters. The highest BCUT2D eigenvalue weighted by Crippen LogP contribution is 2.27. The van der Waals surface area contributed by atoms with Crippen molar-refractivity contribution in [2.24, 2.45) is 5.18 Å². The molecule has 0 bridgehead atoms. The van der Waals surface area contributed by atoms with Crippen LogP contribution in [0.25, 0.3) is 10.8 Å². The number of nitriles is 1. The molecule has 0 amide bonds. The molecule has 0 aliphatic heterocycles. The molecule has 0 fully saturated rings. The molecular weight excluding hydrogens is 299 g/mol. The van der Waals surface area contributed by atoms with E-state index in [9.17, 15) is 14.1 Å². The molecule has 0 atom stereocenters. The second kappa shape index (κ2) is 5.77. The average Bonchev–Trinajstić information content (AvgIpc) is 2.58. The smallest absolute Gasteiger partial charge is 0.267 e. The summed E-state index contributed by atoms with van der Waals surface area (Å²) in [6, 6.07) is 10.5. The van der Waals surface area contributed by atoms with Crippen LogP contribution in [0.5, 0.6) is 0 Å². The average molecular weight is 308 g/mol. The van der Waals surface area contributed by atoms with Crippen LogP contribution >= 0.6 is 0 Å². The SMILES string of the molecule is N#Cc1cc(Cc2n[nH]c(=O)c3cccc(N=O)c23)ccc1F. The van der Waals surface area contributed by atoms with E-state index in [4.69, 9.17) is 5.26 Å². The summed E-state index contributed by atoms with van der Waals surface area (Å²) in [5, 5.41) is 18.8. The molecule has 1 aromatic heterocycles. The molecule has 6 nitrogen and oxygen atoms in total. The molecule has 0 radical (unpaired) electrons. The Hall–Kier alpha value is -3.40. The van der Waals surface area contributed by atoms with Crippen molar-refractivity contribution in [3.8, 4) is 6.07 Å². The van der Waals surface area contributed by atoms with E-state index >= 15 is 0 Å². The van der Waals surface area contributed by atoms with Crippen LogP contribution in [0, 0.1) is 22.1 Å². The van der Waals surface area contributed by atoms with Crippen LogP contribution in [-0.4, -0.2) is 10.2 Å². The van der Waals surface area contributed by atoms with E-state index in [1.165, 1.54) is 24.3 Å². The zero-order valence-corrected chi connectivity index (χ0v) is 11.7. The molecule has 7 heteroatoms. The molecule has 2 aromatic carbocycles. The van der Waals surface area contributed by atoms with Gasteiger partial charge in [-0.1, -0.05) is 12.1 Å². The van der Waals surface area contributed by atoms with Gasteiger partial charge in [-0.25, -0.2) is 9.49 Å². The third kappa shape index (κ3) is 2.58. The van der Waals surface area contributed by atoms with Gasteiger partial charge in [0.05, 0.1) is 16.6 Å². The number of hydrogen-bond acceptors (Lipinski definition) is 5. The number of rotatable bonds is 3. The van der Waals surface area contributed by atoms with E-state index in [1.54, 1.807) is 18.2 Å². The monoisotopic (exact) mass is 308 g/mol. The van der Waals surface area contributed by atoms with Crippen molar-refractivity contribution >= 4 is 16.5 Å². The Morgan fingerprint density at radius 1 is 1.30 bits per heavy atom. The third-order valence-electron chi connectivity index (χ3n) is 3.49. The Morgan fingerprint density at radius 3 is 2.87 bits per heavy atom. The largest absolute Gasteiger partial charge is 0.272 e. The first-order chi connectivity index (χ1) is 11.1. The molecule has 0 saturated carbocycles. The number of aromatic nitrogens is 2. The molecular formula is C16H9FN4O2. The predicted molar refractivity (Wildman–Crippen MR) is 81.7 cm³/mol. The summed E-state index contributed by atoms with van der Waals surface area (Å²) >= 11 is 0. The van der Waals surface area contributed by atoms with Crippen molar-refractivity contribution in [3.63, 3.8) is 0 Å². The fourth-order valence-corrected chi connectivity index (χ4v) is 2.43. The van der Waals surface area contributed by atoms with E-state index in [1.807, 2.05) is 0 Å². The van der Waals surface area contributed by atoms with Gasteiger partial charge in [0.1, 0.15) is 17.6 Å². The molecule has 0 aliphatic carbocycles. The Morgan fingerprint density at radius 2 is 2.13 bits per heavy atom. The third-order valence-corrected chi connectivity index (χ3v) is 3.49. The highest BCUT2D eigenvalue weighted by atomic mass is 19.1. The molecule has 1 N–H and O–H groups in total. The number of H-pyrrole nitrogens is 1. The van der Waals surface area contributed by atoms with Crippen molar-refractivity contribution < 1.29 is 4.39 Å². The topological polar surface area (TPSA) is 99.0 Å². The summed E-state index contributed by atoms with van der Waals surface area (Å²) in [6.07, 6.45) is 0.217. The van der Waals surface area contributed by atoms with Gasteiger partial charge in [0, 0.05) is 11.8 Å². The molecule has 1 heterocycles. The van der Waals surface area contributed by atoms with E-state index in [2.05, 4.69) is 15.4 Å². The maximum Gasteiger partial charge on any atom is 0.272 e.